The highest BCUT2D eigenvalue weighted by atomic mass is 32.2. The Balaban J connectivity index is 1.40. The van der Waals surface area contributed by atoms with Gasteiger partial charge in [0.25, 0.3) is 0 Å². The van der Waals surface area contributed by atoms with Crippen LogP contribution in [0.2, 0.25) is 0 Å². The van der Waals surface area contributed by atoms with Gasteiger partial charge in [-0.2, -0.15) is 0 Å². The van der Waals surface area contributed by atoms with Crippen LogP contribution < -0.4 is 19.5 Å². The average molecular weight is 388 g/mol. The molecule has 1 amide bonds. The summed E-state index contributed by atoms with van der Waals surface area (Å²) in [7, 11) is 1.63. The van der Waals surface area contributed by atoms with Crippen LogP contribution in [0.5, 0.6) is 17.2 Å². The molecule has 1 aromatic heterocycles. The van der Waals surface area contributed by atoms with E-state index in [0.717, 1.165) is 26.6 Å². The van der Waals surface area contributed by atoms with E-state index in [1.165, 1.54) is 23.1 Å². The summed E-state index contributed by atoms with van der Waals surface area (Å²) in [5.41, 5.74) is 0.789. The lowest BCUT2D eigenvalue weighted by Crippen LogP contribution is -2.15. The fraction of sp³-hybridized carbons (Fsp3) is 0.222. The molecule has 0 unspecified atom stereocenters. The van der Waals surface area contributed by atoms with E-state index in [-0.39, 0.29) is 5.91 Å². The minimum absolute atomic E-state index is 0.0952. The van der Waals surface area contributed by atoms with E-state index in [1.807, 2.05) is 36.4 Å². The number of hydrogen-bond donors (Lipinski definition) is 1. The van der Waals surface area contributed by atoms with Crippen LogP contribution in [0.3, 0.4) is 0 Å². The molecular weight excluding hydrogens is 372 g/mol. The zero-order chi connectivity index (χ0) is 17.9. The first kappa shape index (κ1) is 17.0. The zero-order valence-electron chi connectivity index (χ0n) is 14.0. The molecule has 0 bridgehead atoms. The van der Waals surface area contributed by atoms with Gasteiger partial charge >= 0.3 is 0 Å². The average Bonchev–Trinajstić information content (AvgIpc) is 3.05. The summed E-state index contributed by atoms with van der Waals surface area (Å²) in [6.07, 6.45) is 0. The van der Waals surface area contributed by atoms with E-state index in [9.17, 15) is 4.79 Å². The van der Waals surface area contributed by atoms with E-state index >= 15 is 0 Å². The third kappa shape index (κ3) is 3.71. The molecule has 1 N–H and O–H groups in total. The van der Waals surface area contributed by atoms with Gasteiger partial charge in [-0.05, 0) is 24.3 Å². The first-order valence-electron chi connectivity index (χ1n) is 7.98. The smallest absolute Gasteiger partial charge is 0.236 e. The summed E-state index contributed by atoms with van der Waals surface area (Å²) in [4.78, 5) is 17.7. The molecule has 0 saturated heterocycles. The number of thiazole rings is 1. The SMILES string of the molecule is COc1ccc(SCC(=O)Nc2nc3cc4c(cc3s2)OCCO4)cc1. The van der Waals surface area contributed by atoms with E-state index in [1.54, 1.807) is 7.11 Å². The van der Waals surface area contributed by atoms with Crippen molar-refractivity contribution in [1.82, 2.24) is 4.98 Å². The van der Waals surface area contributed by atoms with E-state index in [4.69, 9.17) is 14.2 Å². The van der Waals surface area contributed by atoms with Crippen molar-refractivity contribution in [3.8, 4) is 17.2 Å². The van der Waals surface area contributed by atoms with Gasteiger partial charge in [0.2, 0.25) is 5.91 Å². The lowest BCUT2D eigenvalue weighted by Gasteiger charge is -2.17. The Morgan fingerprint density at radius 1 is 1.23 bits per heavy atom. The Kier molecular flexibility index (Phi) is 4.85. The largest absolute Gasteiger partial charge is 0.497 e. The molecule has 0 saturated carbocycles. The van der Waals surface area contributed by atoms with Gasteiger partial charge in [-0.1, -0.05) is 11.3 Å². The van der Waals surface area contributed by atoms with Crippen LogP contribution >= 0.6 is 23.1 Å². The minimum Gasteiger partial charge on any atom is -0.497 e. The molecule has 6 nitrogen and oxygen atoms in total. The number of fused-ring (bicyclic) bond motifs is 2. The maximum Gasteiger partial charge on any atom is 0.236 e. The van der Waals surface area contributed by atoms with Crippen LogP contribution in [0.4, 0.5) is 5.13 Å². The van der Waals surface area contributed by atoms with Gasteiger partial charge < -0.3 is 19.5 Å². The minimum atomic E-state index is -0.0952. The number of amides is 1. The second kappa shape index (κ2) is 7.43. The molecule has 8 heteroatoms. The molecule has 0 aliphatic carbocycles. The first-order chi connectivity index (χ1) is 12.7. The van der Waals surface area contributed by atoms with Crippen molar-refractivity contribution >= 4 is 44.4 Å². The highest BCUT2D eigenvalue weighted by molar-refractivity contribution is 8.00. The molecule has 134 valence electrons. The molecule has 0 fully saturated rings. The number of thioether (sulfide) groups is 1. The van der Waals surface area contributed by atoms with Crippen molar-refractivity contribution in [3.05, 3.63) is 36.4 Å². The number of ether oxygens (including phenoxy) is 3. The van der Waals surface area contributed by atoms with E-state index in [0.29, 0.717) is 29.8 Å². The predicted octanol–water partition coefficient (Wildman–Crippen LogP) is 3.81. The van der Waals surface area contributed by atoms with Gasteiger partial charge in [0.05, 0.1) is 23.1 Å². The molecule has 2 heterocycles. The number of aromatic nitrogens is 1. The fourth-order valence-corrected chi connectivity index (χ4v) is 4.09. The van der Waals surface area contributed by atoms with E-state index < -0.39 is 0 Å². The molecule has 2 aromatic carbocycles. The standard InChI is InChI=1S/C18H16N2O4S2/c1-22-11-2-4-12(5-3-11)25-10-17(21)20-18-19-13-8-14-15(9-16(13)26-18)24-7-6-23-14/h2-5,8-9H,6-7,10H2,1H3,(H,19,20,21). The first-order valence-corrected chi connectivity index (χ1v) is 9.78. The lowest BCUT2D eigenvalue weighted by atomic mass is 10.3. The van der Waals surface area contributed by atoms with Crippen molar-refractivity contribution in [2.45, 2.75) is 4.90 Å². The Labute approximate surface area is 158 Å². The molecule has 0 radical (unpaired) electrons. The van der Waals surface area contributed by atoms with Crippen molar-refractivity contribution in [1.29, 1.82) is 0 Å². The van der Waals surface area contributed by atoms with Crippen molar-refractivity contribution < 1.29 is 19.0 Å². The van der Waals surface area contributed by atoms with Crippen LogP contribution in [0.1, 0.15) is 0 Å². The number of benzene rings is 2. The summed E-state index contributed by atoms with van der Waals surface area (Å²) < 4.78 is 17.2. The quantitative estimate of drug-likeness (QED) is 0.671. The number of carbonyl (C=O) groups excluding carboxylic acids is 1. The topological polar surface area (TPSA) is 69.7 Å². The second-order valence-electron chi connectivity index (χ2n) is 5.49. The fourth-order valence-electron chi connectivity index (χ4n) is 2.49. The molecule has 0 spiro atoms. The molecule has 0 atom stereocenters. The summed E-state index contributed by atoms with van der Waals surface area (Å²) in [5, 5.41) is 3.43. The van der Waals surface area contributed by atoms with Crippen LogP contribution in [-0.2, 0) is 4.79 Å². The Bertz CT molecular complexity index is 897. The normalized spacial score (nSPS) is 12.8. The van der Waals surface area contributed by atoms with E-state index in [2.05, 4.69) is 10.3 Å². The molecule has 3 aromatic rings. The van der Waals surface area contributed by atoms with Crippen LogP contribution in [-0.4, -0.2) is 37.0 Å². The molecule has 1 aliphatic rings. The third-order valence-electron chi connectivity index (χ3n) is 3.73. The number of hydrogen-bond acceptors (Lipinski definition) is 7. The van der Waals surface area contributed by atoms with Gasteiger partial charge in [-0.3, -0.25) is 4.79 Å². The van der Waals surface area contributed by atoms with Crippen LogP contribution in [0, 0.1) is 0 Å². The summed E-state index contributed by atoms with van der Waals surface area (Å²) in [6.45, 7) is 1.08. The van der Waals surface area contributed by atoms with Crippen LogP contribution in [0.25, 0.3) is 10.2 Å². The van der Waals surface area contributed by atoms with Gasteiger partial charge in [-0.15, -0.1) is 11.8 Å². The Hall–Kier alpha value is -2.45. The number of nitrogens with zero attached hydrogens (tertiary/aromatic N) is 1. The summed E-state index contributed by atoms with van der Waals surface area (Å²) in [6, 6.07) is 11.4. The van der Waals surface area contributed by atoms with Gasteiger partial charge in [0.15, 0.2) is 16.6 Å². The predicted molar refractivity (Wildman–Crippen MR) is 103 cm³/mol. The maximum absolute atomic E-state index is 12.2. The Morgan fingerprint density at radius 3 is 2.69 bits per heavy atom. The zero-order valence-corrected chi connectivity index (χ0v) is 15.6. The van der Waals surface area contributed by atoms with Crippen LogP contribution in [0.15, 0.2) is 41.3 Å². The molecule has 26 heavy (non-hydrogen) atoms. The van der Waals surface area contributed by atoms with Gasteiger partial charge in [0, 0.05) is 17.0 Å². The number of nitrogens with one attached hydrogen (secondary N) is 1. The second-order valence-corrected chi connectivity index (χ2v) is 7.57. The lowest BCUT2D eigenvalue weighted by molar-refractivity contribution is -0.113. The highest BCUT2D eigenvalue weighted by Crippen LogP contribution is 2.37. The third-order valence-corrected chi connectivity index (χ3v) is 5.67. The van der Waals surface area contributed by atoms with Gasteiger partial charge in [0.1, 0.15) is 19.0 Å². The Morgan fingerprint density at radius 2 is 1.96 bits per heavy atom. The molecular formula is C18H16N2O4S2. The van der Waals surface area contributed by atoms with Crippen molar-refractivity contribution in [2.24, 2.45) is 0 Å². The molecule has 4 rings (SSSR count). The maximum atomic E-state index is 12.2. The highest BCUT2D eigenvalue weighted by Gasteiger charge is 2.16. The summed E-state index contributed by atoms with van der Waals surface area (Å²) in [5.74, 6) is 2.43. The monoisotopic (exact) mass is 388 g/mol. The van der Waals surface area contributed by atoms with Crippen molar-refractivity contribution in [3.63, 3.8) is 0 Å². The van der Waals surface area contributed by atoms with Gasteiger partial charge in [-0.25, -0.2) is 4.98 Å². The molecule has 1 aliphatic heterocycles. The van der Waals surface area contributed by atoms with Crippen molar-refractivity contribution in [2.75, 3.05) is 31.4 Å². The number of carbonyl (C=O) groups is 1. The summed E-state index contributed by atoms with van der Waals surface area (Å²) >= 11 is 2.88. The number of methoxy groups -OCH3 is 1. The number of rotatable bonds is 5. The number of anilines is 1.